The van der Waals surface area contributed by atoms with Gasteiger partial charge >= 0.3 is 5.97 Å². The second-order valence-electron chi connectivity index (χ2n) is 4.80. The summed E-state index contributed by atoms with van der Waals surface area (Å²) in [6.45, 7) is 3.99. The third kappa shape index (κ3) is 3.83. The lowest BCUT2D eigenvalue weighted by atomic mass is 10.0. The van der Waals surface area contributed by atoms with E-state index in [1.165, 1.54) is 6.08 Å². The Kier molecular flexibility index (Phi) is 5.49. The Morgan fingerprint density at radius 1 is 1.18 bits per heavy atom. The molecule has 0 saturated heterocycles. The smallest absolute Gasteiger partial charge is 0.349 e. The summed E-state index contributed by atoms with van der Waals surface area (Å²) < 4.78 is 5.11. The van der Waals surface area contributed by atoms with E-state index in [0.29, 0.717) is 30.9 Å². The molecule has 1 N–H and O–H groups in total. The van der Waals surface area contributed by atoms with Gasteiger partial charge in [0.2, 0.25) is 0 Å². The van der Waals surface area contributed by atoms with Gasteiger partial charge in [0.05, 0.1) is 12.3 Å². The van der Waals surface area contributed by atoms with Gasteiger partial charge in [0.1, 0.15) is 11.3 Å². The maximum Gasteiger partial charge on any atom is 0.349 e. The lowest BCUT2D eigenvalue weighted by Gasteiger charge is -2.18. The number of cyclic esters (lactones) is 1. The molecule has 0 unspecified atom stereocenters. The van der Waals surface area contributed by atoms with E-state index in [1.54, 1.807) is 0 Å². The van der Waals surface area contributed by atoms with E-state index < -0.39 is 5.97 Å². The summed E-state index contributed by atoms with van der Waals surface area (Å²) in [7, 11) is 0. The molecule has 5 nitrogen and oxygen atoms in total. The Balaban J connectivity index is 2.08. The lowest BCUT2D eigenvalue weighted by molar-refractivity contribution is -0.138. The zero-order chi connectivity index (χ0) is 15.9. The Morgan fingerprint density at radius 2 is 1.91 bits per heavy atom. The molecule has 22 heavy (non-hydrogen) atoms. The summed E-state index contributed by atoms with van der Waals surface area (Å²) in [5.41, 5.74) is 4.13. The molecule has 1 aromatic carbocycles. The van der Waals surface area contributed by atoms with Gasteiger partial charge in [-0.15, -0.1) is 0 Å². The van der Waals surface area contributed by atoms with Gasteiger partial charge in [-0.2, -0.15) is 0 Å². The fraction of sp³-hybridized carbons (Fsp3) is 0.294. The van der Waals surface area contributed by atoms with E-state index in [9.17, 15) is 9.59 Å². The number of benzene rings is 1. The molecular formula is C17H19NO4. The van der Waals surface area contributed by atoms with Crippen molar-refractivity contribution in [2.24, 2.45) is 0 Å². The summed E-state index contributed by atoms with van der Waals surface area (Å²) in [4.78, 5) is 29.4. The van der Waals surface area contributed by atoms with Crippen LogP contribution < -0.4 is 5.48 Å². The Hall–Kier alpha value is -2.40. The van der Waals surface area contributed by atoms with E-state index in [2.05, 4.69) is 5.48 Å². The van der Waals surface area contributed by atoms with Crippen LogP contribution in [0.4, 0.5) is 0 Å². The van der Waals surface area contributed by atoms with E-state index in [4.69, 9.17) is 9.57 Å². The Morgan fingerprint density at radius 3 is 2.50 bits per heavy atom. The first-order chi connectivity index (χ1) is 10.7. The number of ether oxygens (including phenoxy) is 1. The number of hydrogen-bond donors (Lipinski definition) is 1. The lowest BCUT2D eigenvalue weighted by Crippen LogP contribution is -2.27. The number of allylic oxidation sites excluding steroid dienone is 3. The van der Waals surface area contributed by atoms with E-state index in [0.717, 1.165) is 5.56 Å². The zero-order valence-electron chi connectivity index (χ0n) is 12.7. The number of nitrogens with one attached hydrogen (secondary N) is 1. The van der Waals surface area contributed by atoms with Crippen LogP contribution in [0.15, 0.2) is 53.4 Å². The first kappa shape index (κ1) is 16.0. The van der Waals surface area contributed by atoms with E-state index >= 15 is 0 Å². The van der Waals surface area contributed by atoms with Crippen LogP contribution in [0.2, 0.25) is 0 Å². The molecule has 0 saturated carbocycles. The number of carbonyl (C=O) groups is 2. The van der Waals surface area contributed by atoms with Gasteiger partial charge in [0.25, 0.3) is 0 Å². The second kappa shape index (κ2) is 7.56. The summed E-state index contributed by atoms with van der Waals surface area (Å²) in [5.74, 6) is -0.586. The minimum absolute atomic E-state index is 0.00719. The van der Waals surface area contributed by atoms with Gasteiger partial charge in [-0.25, -0.2) is 4.79 Å². The standard InChI is InChI=1S/C17H19NO4/c1-3-13-10-15(19)16(17(20)22-13)14(4-2)18-21-11-12-8-6-5-7-9-12/h5-10,18H,3-4,11H2,1-2H3. The average Bonchev–Trinajstić information content (AvgIpc) is 2.53. The quantitative estimate of drug-likeness (QED) is 0.379. The highest BCUT2D eigenvalue weighted by atomic mass is 16.6. The molecule has 0 fully saturated rings. The molecule has 1 aromatic rings. The highest BCUT2D eigenvalue weighted by molar-refractivity contribution is 6.24. The minimum Gasteiger partial charge on any atom is -0.427 e. The van der Waals surface area contributed by atoms with Crippen LogP contribution in [0.3, 0.4) is 0 Å². The molecule has 1 heterocycles. The maximum atomic E-state index is 12.1. The number of esters is 1. The van der Waals surface area contributed by atoms with Crippen molar-refractivity contribution < 1.29 is 19.2 Å². The van der Waals surface area contributed by atoms with E-state index in [-0.39, 0.29) is 11.4 Å². The van der Waals surface area contributed by atoms with Gasteiger partial charge in [-0.3, -0.25) is 15.1 Å². The molecule has 0 bridgehead atoms. The van der Waals surface area contributed by atoms with Crippen LogP contribution >= 0.6 is 0 Å². The predicted molar refractivity (Wildman–Crippen MR) is 81.2 cm³/mol. The fourth-order valence-electron chi connectivity index (χ4n) is 2.05. The van der Waals surface area contributed by atoms with Crippen molar-refractivity contribution in [2.75, 3.05) is 0 Å². The maximum absolute atomic E-state index is 12.1. The van der Waals surface area contributed by atoms with Crippen molar-refractivity contribution in [1.82, 2.24) is 5.48 Å². The zero-order valence-corrected chi connectivity index (χ0v) is 12.7. The summed E-state index contributed by atoms with van der Waals surface area (Å²) in [6, 6.07) is 9.60. The van der Waals surface area contributed by atoms with Gasteiger partial charge in [-0.05, 0) is 12.0 Å². The first-order valence-electron chi connectivity index (χ1n) is 7.27. The number of hydrogen-bond acceptors (Lipinski definition) is 5. The van der Waals surface area contributed by atoms with Crippen molar-refractivity contribution in [2.45, 2.75) is 33.3 Å². The van der Waals surface area contributed by atoms with Crippen molar-refractivity contribution in [1.29, 1.82) is 0 Å². The van der Waals surface area contributed by atoms with Gasteiger partial charge < -0.3 is 4.74 Å². The number of ketones is 1. The number of carbonyl (C=O) groups excluding carboxylic acids is 2. The molecule has 5 heteroatoms. The summed E-state index contributed by atoms with van der Waals surface area (Å²) >= 11 is 0. The summed E-state index contributed by atoms with van der Waals surface area (Å²) in [5, 5.41) is 0. The number of hydroxylamine groups is 1. The number of rotatable bonds is 6. The minimum atomic E-state index is -0.628. The Bertz CT molecular complexity index is 617. The molecule has 0 radical (unpaired) electrons. The molecule has 0 atom stereocenters. The molecule has 0 aliphatic carbocycles. The summed E-state index contributed by atoms with van der Waals surface area (Å²) in [6.07, 6.45) is 2.32. The topological polar surface area (TPSA) is 64.6 Å². The van der Waals surface area contributed by atoms with Crippen LogP contribution in [0, 0.1) is 0 Å². The average molecular weight is 301 g/mol. The van der Waals surface area contributed by atoms with Gasteiger partial charge in [0, 0.05) is 12.5 Å². The van der Waals surface area contributed by atoms with E-state index in [1.807, 2.05) is 44.2 Å². The predicted octanol–water partition coefficient (Wildman–Crippen LogP) is 2.79. The SMILES string of the molecule is CCC1=CC(=O)C(=C(CC)NOCc2ccccc2)C(=O)O1. The molecule has 0 spiro atoms. The highest BCUT2D eigenvalue weighted by Crippen LogP contribution is 2.20. The normalized spacial score (nSPS) is 16.9. The molecule has 116 valence electrons. The third-order valence-electron chi connectivity index (χ3n) is 3.25. The van der Waals surface area contributed by atoms with Gasteiger partial charge in [-0.1, -0.05) is 44.2 Å². The van der Waals surface area contributed by atoms with Crippen LogP contribution in [0.25, 0.3) is 0 Å². The first-order valence-corrected chi connectivity index (χ1v) is 7.27. The van der Waals surface area contributed by atoms with Crippen LogP contribution in [-0.4, -0.2) is 11.8 Å². The third-order valence-corrected chi connectivity index (χ3v) is 3.25. The van der Waals surface area contributed by atoms with Gasteiger partial charge in [0.15, 0.2) is 5.78 Å². The molecule has 0 amide bonds. The van der Waals surface area contributed by atoms with Crippen molar-refractivity contribution >= 4 is 11.8 Å². The van der Waals surface area contributed by atoms with Crippen LogP contribution in [-0.2, 0) is 25.8 Å². The molecule has 0 aromatic heterocycles. The second-order valence-corrected chi connectivity index (χ2v) is 4.80. The highest BCUT2D eigenvalue weighted by Gasteiger charge is 2.28. The van der Waals surface area contributed by atoms with Crippen molar-refractivity contribution in [3.63, 3.8) is 0 Å². The molecule has 2 rings (SSSR count). The van der Waals surface area contributed by atoms with Crippen molar-refractivity contribution in [3.05, 3.63) is 59.0 Å². The monoisotopic (exact) mass is 301 g/mol. The molecule has 1 aliphatic heterocycles. The van der Waals surface area contributed by atoms with Crippen LogP contribution in [0.5, 0.6) is 0 Å². The van der Waals surface area contributed by atoms with Crippen molar-refractivity contribution in [3.8, 4) is 0 Å². The molecular weight excluding hydrogens is 282 g/mol. The Labute approximate surface area is 129 Å². The largest absolute Gasteiger partial charge is 0.427 e. The molecule has 1 aliphatic rings. The van der Waals surface area contributed by atoms with Crippen LogP contribution in [0.1, 0.15) is 32.3 Å². The fourth-order valence-corrected chi connectivity index (χ4v) is 2.05.